The number of nitrogen functional groups attached to an aromatic ring is 1. The smallest absolute Gasteiger partial charge is 0.239 e. The third-order valence-electron chi connectivity index (χ3n) is 2.45. The van der Waals surface area contributed by atoms with Crippen LogP contribution in [0.2, 0.25) is 0 Å². The van der Waals surface area contributed by atoms with Gasteiger partial charge >= 0.3 is 0 Å². The summed E-state index contributed by atoms with van der Waals surface area (Å²) in [4.78, 5) is 3.83. The van der Waals surface area contributed by atoms with E-state index in [1.54, 1.807) is 18.2 Å². The number of anilines is 1. The zero-order valence-corrected chi connectivity index (χ0v) is 11.0. The fraction of sp³-hybridized carbons (Fsp3) is 0.0833. The Morgan fingerprint density at radius 2 is 1.95 bits per heavy atom. The highest BCUT2D eigenvalue weighted by molar-refractivity contribution is 7.89. The predicted molar refractivity (Wildman–Crippen MR) is 71.3 cm³/mol. The lowest BCUT2D eigenvalue weighted by Crippen LogP contribution is -2.12. The van der Waals surface area contributed by atoms with Gasteiger partial charge in [-0.2, -0.15) is 0 Å². The fourth-order valence-corrected chi connectivity index (χ4v) is 1.95. The number of sulfonamides is 1. The summed E-state index contributed by atoms with van der Waals surface area (Å²) >= 11 is 0. The molecule has 1 aromatic carbocycles. The molecule has 0 aliphatic heterocycles. The minimum Gasteiger partial charge on any atom is -0.439 e. The molecule has 1 heterocycles. The molecular formula is C12H13N3O3S. The van der Waals surface area contributed by atoms with Crippen LogP contribution < -0.4 is 15.6 Å². The zero-order chi connectivity index (χ0) is 14.0. The molecule has 0 saturated carbocycles. The van der Waals surface area contributed by atoms with Gasteiger partial charge in [0, 0.05) is 11.8 Å². The van der Waals surface area contributed by atoms with Crippen molar-refractivity contribution in [1.82, 2.24) is 4.98 Å². The number of primary sulfonamides is 1. The van der Waals surface area contributed by atoms with Gasteiger partial charge in [-0.15, -0.1) is 0 Å². The molecule has 0 bridgehead atoms. The van der Waals surface area contributed by atoms with E-state index in [0.717, 1.165) is 11.8 Å². The molecule has 2 aromatic rings. The monoisotopic (exact) mass is 279 g/mol. The van der Waals surface area contributed by atoms with E-state index in [-0.39, 0.29) is 10.8 Å². The Hall–Kier alpha value is -2.12. The Morgan fingerprint density at radius 1 is 1.21 bits per heavy atom. The summed E-state index contributed by atoms with van der Waals surface area (Å²) < 4.78 is 27.7. The molecule has 0 spiro atoms. The summed E-state index contributed by atoms with van der Waals surface area (Å²) in [7, 11) is -3.74. The maximum absolute atomic E-state index is 11.1. The summed E-state index contributed by atoms with van der Waals surface area (Å²) in [6, 6.07) is 7.98. The van der Waals surface area contributed by atoms with E-state index >= 15 is 0 Å². The van der Waals surface area contributed by atoms with E-state index in [0.29, 0.717) is 11.4 Å². The number of pyridine rings is 1. The van der Waals surface area contributed by atoms with Crippen molar-refractivity contribution in [2.75, 3.05) is 5.73 Å². The average molecular weight is 279 g/mol. The first-order valence-electron chi connectivity index (χ1n) is 5.39. The average Bonchev–Trinajstić information content (AvgIpc) is 2.32. The molecule has 100 valence electrons. The Balaban J connectivity index is 2.25. The van der Waals surface area contributed by atoms with Gasteiger partial charge in [0.2, 0.25) is 15.9 Å². The summed E-state index contributed by atoms with van der Waals surface area (Å²) in [5.74, 6) is 0.880. The van der Waals surface area contributed by atoms with Crippen LogP contribution in [-0.4, -0.2) is 13.4 Å². The number of hydrogen-bond donors (Lipinski definition) is 2. The standard InChI is InChI=1S/C12H13N3O3S/c1-8-6-9(13)2-4-11(8)18-12-5-3-10(7-15-12)19(14,16)17/h2-7H,13H2,1H3,(H2,14,16,17). The van der Waals surface area contributed by atoms with Gasteiger partial charge in [0.1, 0.15) is 10.6 Å². The zero-order valence-electron chi connectivity index (χ0n) is 10.2. The van der Waals surface area contributed by atoms with Gasteiger partial charge < -0.3 is 10.5 Å². The summed E-state index contributed by atoms with van der Waals surface area (Å²) in [5.41, 5.74) is 7.14. The topological polar surface area (TPSA) is 108 Å². The van der Waals surface area contributed by atoms with Crippen LogP contribution in [0.4, 0.5) is 5.69 Å². The van der Waals surface area contributed by atoms with E-state index in [4.69, 9.17) is 15.6 Å². The lowest BCUT2D eigenvalue weighted by Gasteiger charge is -2.08. The maximum Gasteiger partial charge on any atom is 0.239 e. The second-order valence-electron chi connectivity index (χ2n) is 4.00. The van der Waals surface area contributed by atoms with E-state index in [1.165, 1.54) is 12.1 Å². The Bertz CT molecular complexity index is 697. The molecule has 0 radical (unpaired) electrons. The Labute approximate surface area is 111 Å². The van der Waals surface area contributed by atoms with Crippen LogP contribution in [0.5, 0.6) is 11.6 Å². The van der Waals surface area contributed by atoms with Gasteiger partial charge in [0.05, 0.1) is 6.20 Å². The number of nitrogens with zero attached hydrogens (tertiary/aromatic N) is 1. The van der Waals surface area contributed by atoms with Crippen molar-refractivity contribution < 1.29 is 13.2 Å². The molecule has 0 atom stereocenters. The number of aromatic nitrogens is 1. The third kappa shape index (κ3) is 3.21. The third-order valence-corrected chi connectivity index (χ3v) is 3.35. The lowest BCUT2D eigenvalue weighted by molar-refractivity contribution is 0.458. The van der Waals surface area contributed by atoms with E-state index in [9.17, 15) is 8.42 Å². The molecule has 2 rings (SSSR count). The predicted octanol–water partition coefficient (Wildman–Crippen LogP) is 1.41. The fourth-order valence-electron chi connectivity index (χ4n) is 1.50. The highest BCUT2D eigenvalue weighted by atomic mass is 32.2. The van der Waals surface area contributed by atoms with Crippen molar-refractivity contribution in [2.24, 2.45) is 5.14 Å². The molecule has 1 aromatic heterocycles. The number of rotatable bonds is 3. The van der Waals surface area contributed by atoms with Gasteiger partial charge in [-0.3, -0.25) is 0 Å². The highest BCUT2D eigenvalue weighted by Crippen LogP contribution is 2.25. The first-order valence-corrected chi connectivity index (χ1v) is 6.94. The molecular weight excluding hydrogens is 266 g/mol. The van der Waals surface area contributed by atoms with Crippen molar-refractivity contribution in [3.05, 3.63) is 42.1 Å². The summed E-state index contributed by atoms with van der Waals surface area (Å²) in [5, 5.41) is 4.98. The number of hydrogen-bond acceptors (Lipinski definition) is 5. The Morgan fingerprint density at radius 3 is 2.47 bits per heavy atom. The van der Waals surface area contributed by atoms with Crippen LogP contribution in [0, 0.1) is 6.92 Å². The van der Waals surface area contributed by atoms with Crippen molar-refractivity contribution in [2.45, 2.75) is 11.8 Å². The van der Waals surface area contributed by atoms with Gasteiger partial charge in [-0.25, -0.2) is 18.5 Å². The summed E-state index contributed by atoms with van der Waals surface area (Å²) in [6.07, 6.45) is 1.15. The molecule has 0 aliphatic rings. The van der Waals surface area contributed by atoms with Crippen LogP contribution >= 0.6 is 0 Å². The first-order chi connectivity index (χ1) is 8.86. The van der Waals surface area contributed by atoms with Gasteiger partial charge in [0.15, 0.2) is 0 Å². The van der Waals surface area contributed by atoms with Crippen LogP contribution in [-0.2, 0) is 10.0 Å². The quantitative estimate of drug-likeness (QED) is 0.826. The molecule has 6 nitrogen and oxygen atoms in total. The minimum atomic E-state index is -3.74. The van der Waals surface area contributed by atoms with Crippen LogP contribution in [0.1, 0.15) is 5.56 Å². The number of aryl methyl sites for hydroxylation is 1. The molecule has 7 heteroatoms. The SMILES string of the molecule is Cc1cc(N)ccc1Oc1ccc(S(N)(=O)=O)cn1. The molecule has 0 saturated heterocycles. The van der Waals surface area contributed by atoms with E-state index in [2.05, 4.69) is 4.98 Å². The number of nitrogens with two attached hydrogens (primary N) is 2. The van der Waals surface area contributed by atoms with Crippen LogP contribution in [0.25, 0.3) is 0 Å². The maximum atomic E-state index is 11.1. The van der Waals surface area contributed by atoms with Gasteiger partial charge in [-0.05, 0) is 36.8 Å². The number of benzene rings is 1. The molecule has 4 N–H and O–H groups in total. The van der Waals surface area contributed by atoms with Crippen molar-refractivity contribution in [1.29, 1.82) is 0 Å². The van der Waals surface area contributed by atoms with Crippen molar-refractivity contribution in [3.63, 3.8) is 0 Å². The molecule has 0 aliphatic carbocycles. The highest BCUT2D eigenvalue weighted by Gasteiger charge is 2.09. The van der Waals surface area contributed by atoms with Gasteiger partial charge in [0.25, 0.3) is 0 Å². The Kier molecular flexibility index (Phi) is 3.41. The molecule has 0 unspecified atom stereocenters. The van der Waals surface area contributed by atoms with E-state index < -0.39 is 10.0 Å². The summed E-state index contributed by atoms with van der Waals surface area (Å²) in [6.45, 7) is 1.85. The second-order valence-corrected chi connectivity index (χ2v) is 5.57. The lowest BCUT2D eigenvalue weighted by atomic mass is 10.2. The molecule has 0 amide bonds. The van der Waals surface area contributed by atoms with Crippen molar-refractivity contribution >= 4 is 15.7 Å². The van der Waals surface area contributed by atoms with Gasteiger partial charge in [-0.1, -0.05) is 0 Å². The van der Waals surface area contributed by atoms with Crippen LogP contribution in [0.15, 0.2) is 41.4 Å². The number of ether oxygens (including phenoxy) is 1. The minimum absolute atomic E-state index is 0.0612. The second kappa shape index (κ2) is 4.87. The largest absolute Gasteiger partial charge is 0.439 e. The molecule has 0 fully saturated rings. The van der Waals surface area contributed by atoms with E-state index in [1.807, 2.05) is 6.92 Å². The molecule has 19 heavy (non-hydrogen) atoms. The normalized spacial score (nSPS) is 11.3. The van der Waals surface area contributed by atoms with Crippen LogP contribution in [0.3, 0.4) is 0 Å². The van der Waals surface area contributed by atoms with Crippen molar-refractivity contribution in [3.8, 4) is 11.6 Å². The first kappa shape index (κ1) is 13.3.